The Morgan fingerprint density at radius 1 is 1.22 bits per heavy atom. The largest absolute Gasteiger partial charge is 0.381 e. The molecule has 5 heteroatoms. The van der Waals surface area contributed by atoms with E-state index in [0.29, 0.717) is 24.6 Å². The molecule has 1 saturated heterocycles. The van der Waals surface area contributed by atoms with Gasteiger partial charge in [0.1, 0.15) is 0 Å². The standard InChI is InChI=1S/C18H24N2O3/c1-13(2)9-17(21)19-10-14-3-5-16(6-4-14)18(22)20-11-15-7-8-23-12-15/h3-6,9,15H,7-8,10-12H2,1-2H3,(H,19,21)(H,20,22)/t15-/m0/s1. The third-order valence-corrected chi connectivity index (χ3v) is 3.68. The molecule has 1 aromatic carbocycles. The zero-order valence-electron chi connectivity index (χ0n) is 13.7. The number of nitrogens with one attached hydrogen (secondary N) is 2. The Morgan fingerprint density at radius 3 is 2.57 bits per heavy atom. The smallest absolute Gasteiger partial charge is 0.251 e. The highest BCUT2D eigenvalue weighted by Gasteiger charge is 2.16. The van der Waals surface area contributed by atoms with E-state index in [2.05, 4.69) is 10.6 Å². The number of hydrogen-bond donors (Lipinski definition) is 2. The number of amides is 2. The van der Waals surface area contributed by atoms with E-state index in [-0.39, 0.29) is 11.8 Å². The molecule has 2 N–H and O–H groups in total. The Hall–Kier alpha value is -2.14. The summed E-state index contributed by atoms with van der Waals surface area (Å²) in [6, 6.07) is 7.28. The van der Waals surface area contributed by atoms with Crippen LogP contribution in [0.3, 0.4) is 0 Å². The molecule has 0 aromatic heterocycles. The van der Waals surface area contributed by atoms with Gasteiger partial charge in [0.2, 0.25) is 5.91 Å². The number of benzene rings is 1. The molecular formula is C18H24N2O3. The van der Waals surface area contributed by atoms with Gasteiger partial charge in [0.05, 0.1) is 6.61 Å². The van der Waals surface area contributed by atoms with Gasteiger partial charge >= 0.3 is 0 Å². The fraction of sp³-hybridized carbons (Fsp3) is 0.444. The highest BCUT2D eigenvalue weighted by atomic mass is 16.5. The molecule has 1 atom stereocenters. The van der Waals surface area contributed by atoms with Crippen LogP contribution < -0.4 is 10.6 Å². The van der Waals surface area contributed by atoms with E-state index in [0.717, 1.165) is 30.8 Å². The van der Waals surface area contributed by atoms with Crippen molar-refractivity contribution in [2.75, 3.05) is 19.8 Å². The van der Waals surface area contributed by atoms with Crippen molar-refractivity contribution >= 4 is 11.8 Å². The first-order valence-electron chi connectivity index (χ1n) is 7.92. The lowest BCUT2D eigenvalue weighted by atomic mass is 10.1. The minimum absolute atomic E-state index is 0.0722. The Balaban J connectivity index is 1.80. The van der Waals surface area contributed by atoms with Crippen LogP contribution in [0.2, 0.25) is 0 Å². The van der Waals surface area contributed by atoms with Crippen LogP contribution >= 0.6 is 0 Å². The van der Waals surface area contributed by atoms with Crippen LogP contribution in [-0.4, -0.2) is 31.6 Å². The fourth-order valence-corrected chi connectivity index (χ4v) is 2.36. The van der Waals surface area contributed by atoms with Crippen molar-refractivity contribution in [2.45, 2.75) is 26.8 Å². The first-order valence-corrected chi connectivity index (χ1v) is 7.92. The van der Waals surface area contributed by atoms with E-state index in [4.69, 9.17) is 4.74 Å². The van der Waals surface area contributed by atoms with Crippen LogP contribution in [0.5, 0.6) is 0 Å². The van der Waals surface area contributed by atoms with Gasteiger partial charge in [-0.15, -0.1) is 0 Å². The first kappa shape index (κ1) is 17.2. The second-order valence-electron chi connectivity index (χ2n) is 6.08. The van der Waals surface area contributed by atoms with Gasteiger partial charge in [-0.25, -0.2) is 0 Å². The maximum absolute atomic E-state index is 12.1. The molecule has 2 amide bonds. The Labute approximate surface area is 137 Å². The summed E-state index contributed by atoms with van der Waals surface area (Å²) in [5.74, 6) is 0.242. The number of carbonyl (C=O) groups excluding carboxylic acids is 2. The summed E-state index contributed by atoms with van der Waals surface area (Å²) in [5, 5.41) is 5.75. The van der Waals surface area contributed by atoms with Gasteiger partial charge in [-0.05, 0) is 38.0 Å². The molecule has 1 heterocycles. The van der Waals surface area contributed by atoms with Crippen molar-refractivity contribution in [1.82, 2.24) is 10.6 Å². The Morgan fingerprint density at radius 2 is 1.96 bits per heavy atom. The van der Waals surface area contributed by atoms with E-state index in [9.17, 15) is 9.59 Å². The fourth-order valence-electron chi connectivity index (χ4n) is 2.36. The number of rotatable bonds is 6. The van der Waals surface area contributed by atoms with Gasteiger partial charge in [0.15, 0.2) is 0 Å². The van der Waals surface area contributed by atoms with Crippen molar-refractivity contribution < 1.29 is 14.3 Å². The molecule has 1 aromatic rings. The van der Waals surface area contributed by atoms with Gasteiger partial charge < -0.3 is 15.4 Å². The van der Waals surface area contributed by atoms with Crippen molar-refractivity contribution in [3.8, 4) is 0 Å². The molecule has 1 aliphatic heterocycles. The van der Waals surface area contributed by atoms with Gasteiger partial charge in [-0.3, -0.25) is 9.59 Å². The molecule has 0 saturated carbocycles. The summed E-state index contributed by atoms with van der Waals surface area (Å²) >= 11 is 0. The molecule has 0 unspecified atom stereocenters. The first-order chi connectivity index (χ1) is 11.0. The number of ether oxygens (including phenoxy) is 1. The van der Waals surface area contributed by atoms with Crippen LogP contribution in [0.15, 0.2) is 35.9 Å². The lowest BCUT2D eigenvalue weighted by Gasteiger charge is -2.10. The molecule has 0 radical (unpaired) electrons. The number of carbonyl (C=O) groups is 2. The monoisotopic (exact) mass is 316 g/mol. The lowest BCUT2D eigenvalue weighted by Crippen LogP contribution is -2.29. The zero-order chi connectivity index (χ0) is 16.7. The van der Waals surface area contributed by atoms with Crippen LogP contribution in [0.1, 0.15) is 36.2 Å². The quantitative estimate of drug-likeness (QED) is 0.789. The van der Waals surface area contributed by atoms with Gasteiger partial charge in [-0.1, -0.05) is 17.7 Å². The zero-order valence-corrected chi connectivity index (χ0v) is 13.7. The molecule has 0 spiro atoms. The van der Waals surface area contributed by atoms with E-state index in [1.165, 1.54) is 0 Å². The topological polar surface area (TPSA) is 67.4 Å². The predicted molar refractivity (Wildman–Crippen MR) is 89.0 cm³/mol. The molecule has 1 fully saturated rings. The third-order valence-electron chi connectivity index (χ3n) is 3.68. The van der Waals surface area contributed by atoms with Crippen LogP contribution in [0.4, 0.5) is 0 Å². The average Bonchev–Trinajstić information content (AvgIpc) is 3.04. The second-order valence-corrected chi connectivity index (χ2v) is 6.08. The molecule has 2 rings (SSSR count). The van der Waals surface area contributed by atoms with Crippen molar-refractivity contribution in [1.29, 1.82) is 0 Å². The number of hydrogen-bond acceptors (Lipinski definition) is 3. The van der Waals surface area contributed by atoms with Crippen LogP contribution in [0.25, 0.3) is 0 Å². The molecule has 5 nitrogen and oxygen atoms in total. The maximum atomic E-state index is 12.1. The highest BCUT2D eigenvalue weighted by Crippen LogP contribution is 2.11. The van der Waals surface area contributed by atoms with Crippen LogP contribution in [0, 0.1) is 5.92 Å². The number of allylic oxidation sites excluding steroid dienone is 1. The average molecular weight is 316 g/mol. The third kappa shape index (κ3) is 5.87. The van der Waals surface area contributed by atoms with Crippen LogP contribution in [-0.2, 0) is 16.1 Å². The van der Waals surface area contributed by atoms with Crippen molar-refractivity contribution in [2.24, 2.45) is 5.92 Å². The minimum Gasteiger partial charge on any atom is -0.381 e. The SMILES string of the molecule is CC(C)=CC(=O)NCc1ccc(C(=O)NC[C@@H]2CCOC2)cc1. The summed E-state index contributed by atoms with van der Waals surface area (Å²) in [6.45, 7) is 6.37. The summed E-state index contributed by atoms with van der Waals surface area (Å²) in [6.07, 6.45) is 2.57. The van der Waals surface area contributed by atoms with E-state index < -0.39 is 0 Å². The van der Waals surface area contributed by atoms with Gasteiger partial charge in [-0.2, -0.15) is 0 Å². The van der Waals surface area contributed by atoms with Crippen molar-refractivity contribution in [3.05, 3.63) is 47.0 Å². The summed E-state index contributed by atoms with van der Waals surface area (Å²) in [7, 11) is 0. The molecule has 23 heavy (non-hydrogen) atoms. The highest BCUT2D eigenvalue weighted by molar-refractivity contribution is 5.94. The minimum atomic E-state index is -0.106. The van der Waals surface area contributed by atoms with Gasteiger partial charge in [0.25, 0.3) is 5.91 Å². The van der Waals surface area contributed by atoms with E-state index >= 15 is 0 Å². The molecule has 1 aliphatic rings. The molecular weight excluding hydrogens is 292 g/mol. The molecule has 0 aliphatic carbocycles. The van der Waals surface area contributed by atoms with E-state index in [1.807, 2.05) is 26.0 Å². The summed E-state index contributed by atoms with van der Waals surface area (Å²) in [5.41, 5.74) is 2.55. The summed E-state index contributed by atoms with van der Waals surface area (Å²) in [4.78, 5) is 23.6. The normalized spacial score (nSPS) is 16.7. The van der Waals surface area contributed by atoms with Crippen molar-refractivity contribution in [3.63, 3.8) is 0 Å². The lowest BCUT2D eigenvalue weighted by molar-refractivity contribution is -0.116. The van der Waals surface area contributed by atoms with Gasteiger partial charge in [0, 0.05) is 37.3 Å². The Bertz CT molecular complexity index is 568. The van der Waals surface area contributed by atoms with E-state index in [1.54, 1.807) is 18.2 Å². The summed E-state index contributed by atoms with van der Waals surface area (Å²) < 4.78 is 5.29. The molecule has 0 bridgehead atoms. The maximum Gasteiger partial charge on any atom is 0.251 e. The second kappa shape index (κ2) is 8.48. The predicted octanol–water partition coefficient (Wildman–Crippen LogP) is 2.04. The Kier molecular flexibility index (Phi) is 6.35. The molecule has 124 valence electrons.